The lowest BCUT2D eigenvalue weighted by atomic mass is 10.3. The third-order valence-corrected chi connectivity index (χ3v) is 1.66. The van der Waals surface area contributed by atoms with Crippen LogP contribution in [0, 0.1) is 0 Å². The lowest BCUT2D eigenvalue weighted by Gasteiger charge is -2.02. The zero-order valence-corrected chi connectivity index (χ0v) is 7.99. The van der Waals surface area contributed by atoms with E-state index in [4.69, 9.17) is 4.74 Å². The van der Waals surface area contributed by atoms with Gasteiger partial charge in [0.25, 0.3) is 0 Å². The Kier molecular flexibility index (Phi) is 3.67. The predicted octanol–water partition coefficient (Wildman–Crippen LogP) is 0.892. The molecule has 1 heterocycles. The van der Waals surface area contributed by atoms with Gasteiger partial charge in [-0.15, -0.1) is 0 Å². The topological polar surface area (TPSA) is 51.2 Å². The Bertz CT molecular complexity index is 319. The molecule has 0 aliphatic heterocycles. The molecule has 0 saturated carbocycles. The summed E-state index contributed by atoms with van der Waals surface area (Å²) in [4.78, 5) is 14.8. The minimum Gasteiger partial charge on any atom is -0.481 e. The number of hydrogen-bond acceptors (Lipinski definition) is 3. The first-order chi connectivity index (χ1) is 6.76. The highest BCUT2D eigenvalue weighted by molar-refractivity contribution is 5.86. The Hall–Kier alpha value is -1.84. The Balaban J connectivity index is 2.51. The monoisotopic (exact) mass is 192 g/mol. The van der Waals surface area contributed by atoms with Crippen LogP contribution in [0.3, 0.4) is 0 Å². The molecule has 14 heavy (non-hydrogen) atoms. The van der Waals surface area contributed by atoms with Crippen molar-refractivity contribution in [2.75, 3.05) is 7.11 Å². The largest absolute Gasteiger partial charge is 0.481 e. The van der Waals surface area contributed by atoms with E-state index in [0.717, 1.165) is 5.56 Å². The van der Waals surface area contributed by atoms with Gasteiger partial charge in [0.05, 0.1) is 7.11 Å². The molecule has 1 amide bonds. The molecule has 0 unspecified atom stereocenters. The fourth-order valence-corrected chi connectivity index (χ4v) is 0.898. The molecule has 0 radical (unpaired) electrons. The number of amides is 1. The van der Waals surface area contributed by atoms with Crippen LogP contribution in [-0.2, 0) is 11.3 Å². The summed E-state index contributed by atoms with van der Waals surface area (Å²) in [5.41, 5.74) is 0.918. The van der Waals surface area contributed by atoms with Gasteiger partial charge in [0, 0.05) is 18.8 Å². The molecule has 4 nitrogen and oxygen atoms in total. The molecule has 74 valence electrons. The van der Waals surface area contributed by atoms with E-state index < -0.39 is 0 Å². The molecule has 0 bridgehead atoms. The van der Waals surface area contributed by atoms with Crippen molar-refractivity contribution in [1.82, 2.24) is 10.3 Å². The molecule has 0 aliphatic rings. The van der Waals surface area contributed by atoms with Crippen LogP contribution in [0.25, 0.3) is 0 Å². The molecule has 0 aromatic carbocycles. The zero-order valence-electron chi connectivity index (χ0n) is 7.99. The van der Waals surface area contributed by atoms with E-state index in [1.54, 1.807) is 19.4 Å². The average Bonchev–Trinajstić information content (AvgIpc) is 2.26. The molecule has 0 atom stereocenters. The lowest BCUT2D eigenvalue weighted by molar-refractivity contribution is -0.116. The smallest absolute Gasteiger partial charge is 0.243 e. The third kappa shape index (κ3) is 2.90. The molecule has 1 aromatic heterocycles. The summed E-state index contributed by atoms with van der Waals surface area (Å²) >= 11 is 0. The number of hydrogen-bond donors (Lipinski definition) is 1. The minimum atomic E-state index is -0.194. The highest BCUT2D eigenvalue weighted by Crippen LogP contribution is 2.05. The maximum absolute atomic E-state index is 10.8. The van der Waals surface area contributed by atoms with E-state index in [9.17, 15) is 4.79 Å². The number of nitrogens with one attached hydrogen (secondary N) is 1. The van der Waals surface area contributed by atoms with Crippen molar-refractivity contribution >= 4 is 5.91 Å². The van der Waals surface area contributed by atoms with Crippen LogP contribution in [0.5, 0.6) is 5.88 Å². The number of aromatic nitrogens is 1. The highest BCUT2D eigenvalue weighted by Gasteiger charge is 1.97. The number of nitrogens with zero attached hydrogens (tertiary/aromatic N) is 1. The van der Waals surface area contributed by atoms with Crippen LogP contribution in [0.2, 0.25) is 0 Å². The van der Waals surface area contributed by atoms with Gasteiger partial charge in [-0.05, 0) is 11.6 Å². The van der Waals surface area contributed by atoms with E-state index >= 15 is 0 Å². The van der Waals surface area contributed by atoms with Crippen LogP contribution in [0.15, 0.2) is 31.0 Å². The summed E-state index contributed by atoms with van der Waals surface area (Å²) in [5.74, 6) is 0.365. The summed E-state index contributed by atoms with van der Waals surface area (Å²) < 4.78 is 4.90. The molecule has 1 aromatic rings. The van der Waals surface area contributed by atoms with Gasteiger partial charge in [0.1, 0.15) is 0 Å². The summed E-state index contributed by atoms with van der Waals surface area (Å²) in [5, 5.41) is 2.65. The van der Waals surface area contributed by atoms with Crippen molar-refractivity contribution in [1.29, 1.82) is 0 Å². The first kappa shape index (κ1) is 10.2. The first-order valence-electron chi connectivity index (χ1n) is 4.15. The Morgan fingerprint density at radius 1 is 1.71 bits per heavy atom. The molecule has 1 N–H and O–H groups in total. The molecule has 1 rings (SSSR count). The molecule has 0 spiro atoms. The maximum Gasteiger partial charge on any atom is 0.243 e. The van der Waals surface area contributed by atoms with Crippen LogP contribution < -0.4 is 10.1 Å². The molecule has 0 fully saturated rings. The van der Waals surface area contributed by atoms with Gasteiger partial charge in [-0.3, -0.25) is 4.79 Å². The van der Waals surface area contributed by atoms with Crippen LogP contribution in [-0.4, -0.2) is 18.0 Å². The first-order valence-corrected chi connectivity index (χ1v) is 4.15. The SMILES string of the molecule is C=CC(=O)NCc1ccc(OC)nc1. The quantitative estimate of drug-likeness (QED) is 0.721. The van der Waals surface area contributed by atoms with E-state index in [-0.39, 0.29) is 5.91 Å². The van der Waals surface area contributed by atoms with Crippen molar-refractivity contribution in [3.8, 4) is 5.88 Å². The highest BCUT2D eigenvalue weighted by atomic mass is 16.5. The normalized spacial score (nSPS) is 9.21. The van der Waals surface area contributed by atoms with Gasteiger partial charge in [0.15, 0.2) is 0 Å². The van der Waals surface area contributed by atoms with Crippen LogP contribution >= 0.6 is 0 Å². The van der Waals surface area contributed by atoms with Gasteiger partial charge >= 0.3 is 0 Å². The average molecular weight is 192 g/mol. The predicted molar refractivity (Wildman–Crippen MR) is 52.8 cm³/mol. The van der Waals surface area contributed by atoms with E-state index in [2.05, 4.69) is 16.9 Å². The third-order valence-electron chi connectivity index (χ3n) is 1.66. The van der Waals surface area contributed by atoms with E-state index in [0.29, 0.717) is 12.4 Å². The molecular formula is C10H12N2O2. The molecule has 0 aliphatic carbocycles. The second-order valence-corrected chi connectivity index (χ2v) is 2.63. The van der Waals surface area contributed by atoms with Crippen LogP contribution in [0.4, 0.5) is 0 Å². The van der Waals surface area contributed by atoms with Crippen molar-refractivity contribution < 1.29 is 9.53 Å². The second kappa shape index (κ2) is 5.01. The second-order valence-electron chi connectivity index (χ2n) is 2.63. The number of pyridine rings is 1. The summed E-state index contributed by atoms with van der Waals surface area (Å²) in [6.45, 7) is 3.80. The van der Waals surface area contributed by atoms with Gasteiger partial charge in [0.2, 0.25) is 11.8 Å². The van der Waals surface area contributed by atoms with Crippen molar-refractivity contribution in [3.05, 3.63) is 36.5 Å². The van der Waals surface area contributed by atoms with E-state index in [1.165, 1.54) is 6.08 Å². The number of methoxy groups -OCH3 is 1. The van der Waals surface area contributed by atoms with Gasteiger partial charge < -0.3 is 10.1 Å². The summed E-state index contributed by atoms with van der Waals surface area (Å²) in [6.07, 6.45) is 2.89. The Morgan fingerprint density at radius 2 is 2.50 bits per heavy atom. The van der Waals surface area contributed by atoms with Gasteiger partial charge in [-0.25, -0.2) is 4.98 Å². The Labute approximate surface area is 82.6 Å². The number of carbonyl (C=O) groups excluding carboxylic acids is 1. The molecule has 0 saturated heterocycles. The van der Waals surface area contributed by atoms with Gasteiger partial charge in [-0.2, -0.15) is 0 Å². The maximum atomic E-state index is 10.8. The Morgan fingerprint density at radius 3 is 3.00 bits per heavy atom. The lowest BCUT2D eigenvalue weighted by Crippen LogP contribution is -2.19. The van der Waals surface area contributed by atoms with Crippen LogP contribution in [0.1, 0.15) is 5.56 Å². The number of ether oxygens (including phenoxy) is 1. The fraction of sp³-hybridized carbons (Fsp3) is 0.200. The van der Waals surface area contributed by atoms with Gasteiger partial charge in [-0.1, -0.05) is 12.6 Å². The fourth-order valence-electron chi connectivity index (χ4n) is 0.898. The van der Waals surface area contributed by atoms with Crippen molar-refractivity contribution in [2.45, 2.75) is 6.54 Å². The summed E-state index contributed by atoms with van der Waals surface area (Å²) in [7, 11) is 1.56. The van der Waals surface area contributed by atoms with E-state index in [1.807, 2.05) is 6.07 Å². The molecule has 4 heteroatoms. The van der Waals surface area contributed by atoms with Crippen molar-refractivity contribution in [2.24, 2.45) is 0 Å². The number of carbonyl (C=O) groups is 1. The number of rotatable bonds is 4. The van der Waals surface area contributed by atoms with Crippen molar-refractivity contribution in [3.63, 3.8) is 0 Å². The zero-order chi connectivity index (χ0) is 10.4. The summed E-state index contributed by atoms with van der Waals surface area (Å²) in [6, 6.07) is 3.59. The minimum absolute atomic E-state index is 0.194. The standard InChI is InChI=1S/C10H12N2O2/c1-3-9(13)11-6-8-4-5-10(14-2)12-7-8/h3-5,7H,1,6H2,2H3,(H,11,13). The molecular weight excluding hydrogens is 180 g/mol.